The van der Waals surface area contributed by atoms with Crippen LogP contribution in [0, 0.1) is 0 Å². The van der Waals surface area contributed by atoms with Gasteiger partial charge in [0.2, 0.25) is 0 Å². The standard InChI is InChI=1S/C11H16N2OS/c1-3-9-10(8(2)14)15-11(12-9)13-6-4-5-7-13/h3-7H2,1-2H3. The van der Waals surface area contributed by atoms with Crippen LogP contribution in [-0.4, -0.2) is 23.9 Å². The zero-order valence-corrected chi connectivity index (χ0v) is 10.1. The average molecular weight is 224 g/mol. The van der Waals surface area contributed by atoms with Crippen LogP contribution in [0.3, 0.4) is 0 Å². The fourth-order valence-corrected chi connectivity index (χ4v) is 3.00. The third-order valence-corrected chi connectivity index (χ3v) is 3.98. The van der Waals surface area contributed by atoms with Crippen LogP contribution in [0.1, 0.15) is 42.1 Å². The van der Waals surface area contributed by atoms with Crippen molar-refractivity contribution in [1.82, 2.24) is 4.98 Å². The number of nitrogens with zero attached hydrogens (tertiary/aromatic N) is 2. The van der Waals surface area contributed by atoms with E-state index in [-0.39, 0.29) is 5.78 Å². The smallest absolute Gasteiger partial charge is 0.186 e. The lowest BCUT2D eigenvalue weighted by Gasteiger charge is -2.12. The lowest BCUT2D eigenvalue weighted by atomic mass is 10.2. The molecule has 0 unspecified atom stereocenters. The van der Waals surface area contributed by atoms with Gasteiger partial charge in [0.1, 0.15) is 0 Å². The fraction of sp³-hybridized carbons (Fsp3) is 0.636. The van der Waals surface area contributed by atoms with E-state index in [4.69, 9.17) is 0 Å². The molecule has 0 aliphatic carbocycles. The summed E-state index contributed by atoms with van der Waals surface area (Å²) in [6.45, 7) is 5.86. The minimum atomic E-state index is 0.148. The Morgan fingerprint density at radius 3 is 2.60 bits per heavy atom. The van der Waals surface area contributed by atoms with Crippen LogP contribution < -0.4 is 4.90 Å². The van der Waals surface area contributed by atoms with Crippen LogP contribution in [-0.2, 0) is 6.42 Å². The van der Waals surface area contributed by atoms with Gasteiger partial charge in [0, 0.05) is 20.0 Å². The summed E-state index contributed by atoms with van der Waals surface area (Å²) in [7, 11) is 0. The van der Waals surface area contributed by atoms with Gasteiger partial charge in [0.15, 0.2) is 10.9 Å². The zero-order chi connectivity index (χ0) is 10.8. The van der Waals surface area contributed by atoms with Crippen LogP contribution >= 0.6 is 11.3 Å². The summed E-state index contributed by atoms with van der Waals surface area (Å²) >= 11 is 1.55. The second-order valence-corrected chi connectivity index (χ2v) is 4.85. The Kier molecular flexibility index (Phi) is 3.05. The molecule has 0 bridgehead atoms. The molecule has 82 valence electrons. The molecule has 0 aromatic carbocycles. The molecular formula is C11H16N2OS. The maximum absolute atomic E-state index is 11.4. The van der Waals surface area contributed by atoms with Gasteiger partial charge in [0.25, 0.3) is 0 Å². The molecule has 4 heteroatoms. The minimum Gasteiger partial charge on any atom is -0.348 e. The Balaban J connectivity index is 2.29. The Bertz CT molecular complexity index is 367. The van der Waals surface area contributed by atoms with Gasteiger partial charge in [-0.1, -0.05) is 18.3 Å². The first-order valence-electron chi connectivity index (χ1n) is 5.48. The fourth-order valence-electron chi connectivity index (χ4n) is 1.90. The molecular weight excluding hydrogens is 208 g/mol. The van der Waals surface area contributed by atoms with Crippen molar-refractivity contribution in [3.63, 3.8) is 0 Å². The molecule has 1 fully saturated rings. The quantitative estimate of drug-likeness (QED) is 0.740. The largest absolute Gasteiger partial charge is 0.348 e. The number of aromatic nitrogens is 1. The molecule has 0 atom stereocenters. The Labute approximate surface area is 94.1 Å². The Morgan fingerprint density at radius 1 is 1.47 bits per heavy atom. The van der Waals surface area contributed by atoms with Gasteiger partial charge in [-0.2, -0.15) is 0 Å². The average Bonchev–Trinajstić information content (AvgIpc) is 2.86. The van der Waals surface area contributed by atoms with Gasteiger partial charge in [-0.3, -0.25) is 4.79 Å². The molecule has 0 amide bonds. The summed E-state index contributed by atoms with van der Waals surface area (Å²) in [5.74, 6) is 0.148. The van der Waals surface area contributed by atoms with E-state index < -0.39 is 0 Å². The third-order valence-electron chi connectivity index (χ3n) is 2.72. The zero-order valence-electron chi connectivity index (χ0n) is 9.25. The van der Waals surface area contributed by atoms with Crippen molar-refractivity contribution >= 4 is 22.3 Å². The number of aryl methyl sites for hydroxylation is 1. The van der Waals surface area contributed by atoms with Crippen LogP contribution in [0.4, 0.5) is 5.13 Å². The van der Waals surface area contributed by atoms with Crippen LogP contribution in [0.15, 0.2) is 0 Å². The van der Waals surface area contributed by atoms with Crippen LogP contribution in [0.25, 0.3) is 0 Å². The molecule has 0 saturated carbocycles. The number of carbonyl (C=O) groups excluding carboxylic acids is 1. The van der Waals surface area contributed by atoms with Crippen molar-refractivity contribution < 1.29 is 4.79 Å². The monoisotopic (exact) mass is 224 g/mol. The van der Waals surface area contributed by atoms with E-state index in [0.29, 0.717) is 0 Å². The number of hydrogen-bond donors (Lipinski definition) is 0. The van der Waals surface area contributed by atoms with Crippen molar-refractivity contribution in [3.8, 4) is 0 Å². The third kappa shape index (κ3) is 2.04. The Hall–Kier alpha value is -0.900. The Morgan fingerprint density at radius 2 is 2.13 bits per heavy atom. The van der Waals surface area contributed by atoms with Crippen molar-refractivity contribution in [2.45, 2.75) is 33.1 Å². The highest BCUT2D eigenvalue weighted by Gasteiger charge is 2.19. The molecule has 0 spiro atoms. The van der Waals surface area contributed by atoms with Crippen LogP contribution in [0.2, 0.25) is 0 Å². The molecule has 0 N–H and O–H groups in total. The molecule has 3 nitrogen and oxygen atoms in total. The maximum atomic E-state index is 11.4. The molecule has 1 aliphatic heterocycles. The summed E-state index contributed by atoms with van der Waals surface area (Å²) in [4.78, 5) is 19.1. The second-order valence-electron chi connectivity index (χ2n) is 3.88. The molecule has 1 aromatic rings. The summed E-state index contributed by atoms with van der Waals surface area (Å²) in [5.41, 5.74) is 0.967. The molecule has 1 aromatic heterocycles. The number of rotatable bonds is 3. The second kappa shape index (κ2) is 4.31. The normalized spacial score (nSPS) is 16.0. The maximum Gasteiger partial charge on any atom is 0.186 e. The molecule has 1 aliphatic rings. The summed E-state index contributed by atoms with van der Waals surface area (Å²) in [5, 5.41) is 1.04. The number of carbonyl (C=O) groups is 1. The SMILES string of the molecule is CCc1nc(N2CCCC2)sc1C(C)=O. The van der Waals surface area contributed by atoms with Gasteiger partial charge in [-0.15, -0.1) is 0 Å². The number of thiazole rings is 1. The highest BCUT2D eigenvalue weighted by molar-refractivity contribution is 7.17. The number of Topliss-reactive ketones (excluding diaryl/α,β-unsaturated/α-hetero) is 1. The van der Waals surface area contributed by atoms with E-state index in [1.807, 2.05) is 0 Å². The molecule has 2 heterocycles. The first-order chi connectivity index (χ1) is 7.22. The summed E-state index contributed by atoms with van der Waals surface area (Å²) in [6.07, 6.45) is 3.34. The van der Waals surface area contributed by atoms with Gasteiger partial charge in [-0.25, -0.2) is 4.98 Å². The van der Waals surface area contributed by atoms with E-state index >= 15 is 0 Å². The van der Waals surface area contributed by atoms with E-state index in [2.05, 4.69) is 16.8 Å². The van der Waals surface area contributed by atoms with Gasteiger partial charge >= 0.3 is 0 Å². The predicted octanol–water partition coefficient (Wildman–Crippen LogP) is 2.51. The van der Waals surface area contributed by atoms with Crippen molar-refractivity contribution in [2.75, 3.05) is 18.0 Å². The summed E-state index contributed by atoms with van der Waals surface area (Å²) in [6, 6.07) is 0. The predicted molar refractivity (Wildman–Crippen MR) is 62.9 cm³/mol. The number of hydrogen-bond acceptors (Lipinski definition) is 4. The van der Waals surface area contributed by atoms with Crippen molar-refractivity contribution in [3.05, 3.63) is 10.6 Å². The van der Waals surface area contributed by atoms with Gasteiger partial charge in [0.05, 0.1) is 10.6 Å². The first-order valence-corrected chi connectivity index (χ1v) is 6.29. The van der Waals surface area contributed by atoms with Gasteiger partial charge in [-0.05, 0) is 19.3 Å². The lowest BCUT2D eigenvalue weighted by molar-refractivity contribution is 0.102. The van der Waals surface area contributed by atoms with Crippen molar-refractivity contribution in [1.29, 1.82) is 0 Å². The van der Waals surface area contributed by atoms with E-state index in [1.54, 1.807) is 18.3 Å². The molecule has 1 saturated heterocycles. The van der Waals surface area contributed by atoms with E-state index in [9.17, 15) is 4.79 Å². The van der Waals surface area contributed by atoms with Crippen molar-refractivity contribution in [2.24, 2.45) is 0 Å². The van der Waals surface area contributed by atoms with E-state index in [0.717, 1.165) is 35.2 Å². The van der Waals surface area contributed by atoms with Gasteiger partial charge < -0.3 is 4.90 Å². The van der Waals surface area contributed by atoms with Crippen LogP contribution in [0.5, 0.6) is 0 Å². The molecule has 2 rings (SSSR count). The minimum absolute atomic E-state index is 0.148. The highest BCUT2D eigenvalue weighted by atomic mass is 32.1. The first kappa shape index (κ1) is 10.6. The topological polar surface area (TPSA) is 33.2 Å². The lowest BCUT2D eigenvalue weighted by Crippen LogP contribution is -2.17. The highest BCUT2D eigenvalue weighted by Crippen LogP contribution is 2.29. The molecule has 0 radical (unpaired) electrons. The number of anilines is 1. The number of ketones is 1. The summed E-state index contributed by atoms with van der Waals surface area (Å²) < 4.78 is 0. The van der Waals surface area contributed by atoms with E-state index in [1.165, 1.54) is 12.8 Å². The molecule has 15 heavy (non-hydrogen) atoms.